The average molecular weight is 239 g/mol. The Morgan fingerprint density at radius 1 is 1.22 bits per heavy atom. The molecule has 18 heavy (non-hydrogen) atoms. The zero-order chi connectivity index (χ0) is 12.6. The second-order valence-electron chi connectivity index (χ2n) is 6.14. The number of fused-ring (bicyclic) bond motifs is 1. The van der Waals surface area contributed by atoms with Crippen LogP contribution in [0, 0.1) is 11.3 Å². The van der Waals surface area contributed by atoms with Gasteiger partial charge in [0, 0.05) is 24.7 Å². The fraction of sp³-hybridized carbons (Fsp3) is 0.412. The van der Waals surface area contributed by atoms with E-state index in [0.29, 0.717) is 11.3 Å². The van der Waals surface area contributed by atoms with Gasteiger partial charge in [-0.2, -0.15) is 0 Å². The SMILES string of the molecule is CC1(C)CN(Cc2ccccc2)C2=CC=CCC21. The van der Waals surface area contributed by atoms with Gasteiger partial charge in [0.2, 0.25) is 0 Å². The van der Waals surface area contributed by atoms with Crippen molar-refractivity contribution >= 4 is 0 Å². The molecule has 1 aliphatic heterocycles. The first kappa shape index (κ1) is 11.6. The van der Waals surface area contributed by atoms with Crippen molar-refractivity contribution in [3.63, 3.8) is 0 Å². The zero-order valence-corrected chi connectivity index (χ0v) is 11.3. The average Bonchev–Trinajstić information content (AvgIpc) is 2.63. The Morgan fingerprint density at radius 3 is 2.78 bits per heavy atom. The largest absolute Gasteiger partial charge is 0.370 e. The molecule has 1 nitrogen and oxygen atoms in total. The molecule has 3 rings (SSSR count). The molecular weight excluding hydrogens is 218 g/mol. The third-order valence-corrected chi connectivity index (χ3v) is 4.25. The Bertz CT molecular complexity index is 482. The van der Waals surface area contributed by atoms with E-state index in [1.807, 2.05) is 0 Å². The molecule has 0 radical (unpaired) electrons. The van der Waals surface area contributed by atoms with Gasteiger partial charge in [0.05, 0.1) is 0 Å². The summed E-state index contributed by atoms with van der Waals surface area (Å²) in [5, 5.41) is 0. The minimum absolute atomic E-state index is 0.394. The van der Waals surface area contributed by atoms with E-state index in [-0.39, 0.29) is 0 Å². The molecule has 1 aliphatic carbocycles. The number of allylic oxidation sites excluding steroid dienone is 4. The molecule has 1 atom stereocenters. The molecule has 2 aliphatic rings. The molecule has 1 heterocycles. The quantitative estimate of drug-likeness (QED) is 0.754. The van der Waals surface area contributed by atoms with Crippen LogP contribution in [0.5, 0.6) is 0 Å². The third kappa shape index (κ3) is 1.98. The summed E-state index contributed by atoms with van der Waals surface area (Å²) >= 11 is 0. The summed E-state index contributed by atoms with van der Waals surface area (Å²) in [7, 11) is 0. The second kappa shape index (κ2) is 4.31. The number of nitrogens with zero attached hydrogens (tertiary/aromatic N) is 1. The molecular formula is C17H21N. The predicted octanol–water partition coefficient (Wildman–Crippen LogP) is 3.99. The Balaban J connectivity index is 1.85. The maximum atomic E-state index is 2.56. The lowest BCUT2D eigenvalue weighted by atomic mass is 9.77. The lowest BCUT2D eigenvalue weighted by Gasteiger charge is -2.25. The van der Waals surface area contributed by atoms with Crippen LogP contribution in [-0.4, -0.2) is 11.4 Å². The molecule has 1 unspecified atom stereocenters. The van der Waals surface area contributed by atoms with Gasteiger partial charge in [0.1, 0.15) is 0 Å². The van der Waals surface area contributed by atoms with Crippen LogP contribution in [0.15, 0.2) is 54.3 Å². The number of likely N-dealkylation sites (tertiary alicyclic amines) is 1. The summed E-state index contributed by atoms with van der Waals surface area (Å²) in [6, 6.07) is 10.8. The smallest absolute Gasteiger partial charge is 0.0426 e. The van der Waals surface area contributed by atoms with Crippen LogP contribution < -0.4 is 0 Å². The van der Waals surface area contributed by atoms with E-state index in [9.17, 15) is 0 Å². The van der Waals surface area contributed by atoms with E-state index >= 15 is 0 Å². The minimum atomic E-state index is 0.394. The summed E-state index contributed by atoms with van der Waals surface area (Å²) in [6.45, 7) is 7.01. The van der Waals surface area contributed by atoms with Crippen LogP contribution in [0.1, 0.15) is 25.8 Å². The summed E-state index contributed by atoms with van der Waals surface area (Å²) < 4.78 is 0. The van der Waals surface area contributed by atoms with Crippen LogP contribution in [0.4, 0.5) is 0 Å². The maximum absolute atomic E-state index is 2.56. The van der Waals surface area contributed by atoms with Crippen molar-refractivity contribution in [2.24, 2.45) is 11.3 Å². The number of hydrogen-bond acceptors (Lipinski definition) is 1. The highest BCUT2D eigenvalue weighted by atomic mass is 15.2. The molecule has 0 saturated carbocycles. The van der Waals surface area contributed by atoms with Gasteiger partial charge < -0.3 is 4.90 Å². The highest BCUT2D eigenvalue weighted by Gasteiger charge is 2.42. The van der Waals surface area contributed by atoms with Gasteiger partial charge >= 0.3 is 0 Å². The first-order chi connectivity index (χ1) is 8.67. The Hall–Kier alpha value is -1.50. The Labute approximate surface area is 110 Å². The van der Waals surface area contributed by atoms with E-state index in [2.05, 4.69) is 67.3 Å². The standard InChI is InChI=1S/C17H21N/c1-17(2)13-18(12-14-8-4-3-5-9-14)16-11-7-6-10-15(16)17/h3-9,11,15H,10,12-13H2,1-2H3. The van der Waals surface area contributed by atoms with E-state index < -0.39 is 0 Å². The molecule has 1 aromatic carbocycles. The normalized spacial score (nSPS) is 24.9. The molecule has 0 bridgehead atoms. The lowest BCUT2D eigenvalue weighted by Crippen LogP contribution is -2.23. The van der Waals surface area contributed by atoms with Crippen molar-refractivity contribution in [1.82, 2.24) is 4.90 Å². The van der Waals surface area contributed by atoms with Crippen LogP contribution >= 0.6 is 0 Å². The molecule has 1 fully saturated rings. The van der Waals surface area contributed by atoms with E-state index in [1.54, 1.807) is 0 Å². The van der Waals surface area contributed by atoms with Crippen molar-refractivity contribution in [2.75, 3.05) is 6.54 Å². The molecule has 1 heteroatoms. The van der Waals surface area contributed by atoms with Crippen LogP contribution in [0.3, 0.4) is 0 Å². The van der Waals surface area contributed by atoms with Gasteiger partial charge in [0.15, 0.2) is 0 Å². The molecule has 0 aromatic heterocycles. The van der Waals surface area contributed by atoms with Crippen molar-refractivity contribution in [3.8, 4) is 0 Å². The second-order valence-corrected chi connectivity index (χ2v) is 6.14. The minimum Gasteiger partial charge on any atom is -0.370 e. The summed E-state index contributed by atoms with van der Waals surface area (Å²) in [6.07, 6.45) is 8.03. The Kier molecular flexibility index (Phi) is 2.77. The van der Waals surface area contributed by atoms with Gasteiger partial charge in [-0.15, -0.1) is 0 Å². The van der Waals surface area contributed by atoms with Crippen molar-refractivity contribution in [2.45, 2.75) is 26.8 Å². The summed E-state index contributed by atoms with van der Waals surface area (Å²) in [5.74, 6) is 0.700. The van der Waals surface area contributed by atoms with Crippen LogP contribution in [0.2, 0.25) is 0 Å². The Morgan fingerprint density at radius 2 is 2.00 bits per heavy atom. The third-order valence-electron chi connectivity index (χ3n) is 4.25. The first-order valence-electron chi connectivity index (χ1n) is 6.82. The van der Waals surface area contributed by atoms with Gasteiger partial charge in [-0.1, -0.05) is 56.3 Å². The van der Waals surface area contributed by atoms with Gasteiger partial charge in [-0.25, -0.2) is 0 Å². The first-order valence-corrected chi connectivity index (χ1v) is 6.82. The molecule has 94 valence electrons. The molecule has 0 amide bonds. The van der Waals surface area contributed by atoms with Crippen LogP contribution in [0.25, 0.3) is 0 Å². The van der Waals surface area contributed by atoms with Gasteiger partial charge in [-0.05, 0) is 23.5 Å². The predicted molar refractivity (Wildman–Crippen MR) is 76.0 cm³/mol. The van der Waals surface area contributed by atoms with E-state index in [0.717, 1.165) is 6.54 Å². The van der Waals surface area contributed by atoms with Crippen molar-refractivity contribution in [3.05, 3.63) is 59.8 Å². The topological polar surface area (TPSA) is 3.24 Å². The van der Waals surface area contributed by atoms with Crippen molar-refractivity contribution in [1.29, 1.82) is 0 Å². The lowest BCUT2D eigenvalue weighted by molar-refractivity contribution is 0.270. The molecule has 1 aromatic rings. The monoisotopic (exact) mass is 239 g/mol. The fourth-order valence-electron chi connectivity index (χ4n) is 3.31. The number of hydrogen-bond donors (Lipinski definition) is 0. The highest BCUT2D eigenvalue weighted by molar-refractivity contribution is 5.28. The fourth-order valence-corrected chi connectivity index (χ4v) is 3.31. The molecule has 1 saturated heterocycles. The number of rotatable bonds is 2. The maximum Gasteiger partial charge on any atom is 0.0426 e. The van der Waals surface area contributed by atoms with Crippen molar-refractivity contribution < 1.29 is 0 Å². The van der Waals surface area contributed by atoms with E-state index in [4.69, 9.17) is 0 Å². The number of benzene rings is 1. The van der Waals surface area contributed by atoms with Gasteiger partial charge in [0.25, 0.3) is 0 Å². The van der Waals surface area contributed by atoms with Crippen LogP contribution in [-0.2, 0) is 6.54 Å². The summed E-state index contributed by atoms with van der Waals surface area (Å²) in [4.78, 5) is 2.56. The molecule has 0 spiro atoms. The zero-order valence-electron chi connectivity index (χ0n) is 11.3. The summed E-state index contributed by atoms with van der Waals surface area (Å²) in [5.41, 5.74) is 3.33. The van der Waals surface area contributed by atoms with E-state index in [1.165, 1.54) is 24.2 Å². The molecule has 0 N–H and O–H groups in total. The highest BCUT2D eigenvalue weighted by Crippen LogP contribution is 2.46. The van der Waals surface area contributed by atoms with Gasteiger partial charge in [-0.3, -0.25) is 0 Å².